The van der Waals surface area contributed by atoms with E-state index in [0.29, 0.717) is 10.5 Å². The van der Waals surface area contributed by atoms with Gasteiger partial charge in [-0.15, -0.1) is 11.3 Å². The normalized spacial score (nSPS) is 23.2. The Hall–Kier alpha value is -1.95. The molecule has 17 heavy (non-hydrogen) atoms. The number of primary amides is 2. The number of hydrogen-bond acceptors (Lipinski definition) is 4. The van der Waals surface area contributed by atoms with Gasteiger partial charge < -0.3 is 11.5 Å². The van der Waals surface area contributed by atoms with Gasteiger partial charge in [0.15, 0.2) is 0 Å². The number of allylic oxidation sites excluding steroid dienone is 2. The third kappa shape index (κ3) is 1.87. The average molecular weight is 249 g/mol. The second-order valence-corrected chi connectivity index (χ2v) is 4.68. The largest absolute Gasteiger partial charge is 0.369 e. The van der Waals surface area contributed by atoms with Crippen LogP contribution in [0.15, 0.2) is 35.5 Å². The maximum absolute atomic E-state index is 11.7. The minimum Gasteiger partial charge on any atom is -0.369 e. The van der Waals surface area contributed by atoms with Gasteiger partial charge >= 0.3 is 0 Å². The van der Waals surface area contributed by atoms with E-state index in [-0.39, 0.29) is 6.42 Å². The van der Waals surface area contributed by atoms with Crippen LogP contribution in [0.4, 0.5) is 0 Å². The van der Waals surface area contributed by atoms with E-state index >= 15 is 0 Å². The van der Waals surface area contributed by atoms with E-state index in [4.69, 9.17) is 11.5 Å². The first-order chi connectivity index (χ1) is 8.06. The van der Waals surface area contributed by atoms with Crippen LogP contribution in [0.25, 0.3) is 0 Å². The van der Waals surface area contributed by atoms with E-state index in [1.54, 1.807) is 29.9 Å². The van der Waals surface area contributed by atoms with Crippen molar-refractivity contribution in [3.05, 3.63) is 40.4 Å². The molecule has 0 aromatic carbocycles. The molecule has 0 radical (unpaired) electrons. The minimum absolute atomic E-state index is 0.191. The van der Waals surface area contributed by atoms with E-state index < -0.39 is 17.2 Å². The van der Waals surface area contributed by atoms with Crippen LogP contribution in [-0.4, -0.2) is 16.8 Å². The summed E-state index contributed by atoms with van der Waals surface area (Å²) in [4.78, 5) is 27.6. The van der Waals surface area contributed by atoms with E-state index in [9.17, 15) is 9.59 Å². The van der Waals surface area contributed by atoms with Crippen LogP contribution >= 0.6 is 11.3 Å². The van der Waals surface area contributed by atoms with E-state index in [1.807, 2.05) is 0 Å². The number of thiazole rings is 1. The molecule has 6 heteroatoms. The lowest BCUT2D eigenvalue weighted by atomic mass is 9.76. The Kier molecular flexibility index (Phi) is 2.81. The van der Waals surface area contributed by atoms with Crippen molar-refractivity contribution in [3.8, 4) is 0 Å². The highest BCUT2D eigenvalue weighted by molar-refractivity contribution is 7.10. The highest BCUT2D eigenvalue weighted by atomic mass is 32.1. The molecule has 1 aliphatic rings. The molecule has 1 atom stereocenters. The predicted molar refractivity (Wildman–Crippen MR) is 64.0 cm³/mol. The fraction of sp³-hybridized carbons (Fsp3) is 0.182. The third-order valence-corrected chi connectivity index (χ3v) is 3.73. The summed E-state index contributed by atoms with van der Waals surface area (Å²) in [7, 11) is 0. The van der Waals surface area contributed by atoms with Crippen LogP contribution in [0.5, 0.6) is 0 Å². The standard InChI is InChI=1S/C11H11N3O2S/c12-9(15)7-2-1-3-11(4-7,10(13)16)8-5-14-6-17-8/h1-3,5-6H,4H2,(H2,12,15)(H2,13,16). The molecule has 0 spiro atoms. The van der Waals surface area contributed by atoms with E-state index in [0.717, 1.165) is 0 Å². The fourth-order valence-corrected chi connectivity index (χ4v) is 2.62. The lowest BCUT2D eigenvalue weighted by molar-refractivity contribution is -0.122. The number of nitrogens with zero attached hydrogens (tertiary/aromatic N) is 1. The van der Waals surface area contributed by atoms with E-state index in [1.165, 1.54) is 11.3 Å². The highest BCUT2D eigenvalue weighted by Gasteiger charge is 2.40. The van der Waals surface area contributed by atoms with Crippen molar-refractivity contribution >= 4 is 23.2 Å². The molecular weight excluding hydrogens is 238 g/mol. The van der Waals surface area contributed by atoms with Gasteiger partial charge in [-0.3, -0.25) is 14.6 Å². The summed E-state index contributed by atoms with van der Waals surface area (Å²) < 4.78 is 0. The van der Waals surface area contributed by atoms with Gasteiger partial charge in [0.05, 0.1) is 5.51 Å². The summed E-state index contributed by atoms with van der Waals surface area (Å²) in [6.07, 6.45) is 6.70. The zero-order valence-electron chi connectivity index (χ0n) is 8.92. The molecule has 1 aliphatic carbocycles. The van der Waals surface area contributed by atoms with Crippen LogP contribution in [-0.2, 0) is 15.0 Å². The Morgan fingerprint density at radius 2 is 2.18 bits per heavy atom. The SMILES string of the molecule is NC(=O)C1=CC=CC(C(N)=O)(c2cncs2)C1. The zero-order valence-corrected chi connectivity index (χ0v) is 9.74. The Morgan fingerprint density at radius 3 is 2.71 bits per heavy atom. The monoisotopic (exact) mass is 249 g/mol. The van der Waals surface area contributed by atoms with Crippen molar-refractivity contribution in [2.75, 3.05) is 0 Å². The van der Waals surface area contributed by atoms with Gasteiger partial charge in [-0.25, -0.2) is 0 Å². The average Bonchev–Trinajstić information content (AvgIpc) is 2.82. The zero-order chi connectivity index (χ0) is 12.5. The molecule has 0 aliphatic heterocycles. The number of amides is 2. The van der Waals surface area contributed by atoms with Crippen molar-refractivity contribution in [1.29, 1.82) is 0 Å². The molecule has 0 saturated heterocycles. The van der Waals surface area contributed by atoms with Gasteiger partial charge in [-0.05, 0) is 0 Å². The van der Waals surface area contributed by atoms with Crippen LogP contribution in [0, 0.1) is 0 Å². The van der Waals surface area contributed by atoms with E-state index in [2.05, 4.69) is 4.98 Å². The minimum atomic E-state index is -1.000. The lowest BCUT2D eigenvalue weighted by Crippen LogP contribution is -2.41. The second-order valence-electron chi connectivity index (χ2n) is 3.79. The first-order valence-corrected chi connectivity index (χ1v) is 5.81. The fourth-order valence-electron chi connectivity index (χ4n) is 1.81. The molecule has 1 aromatic heterocycles. The van der Waals surface area contributed by atoms with Gasteiger partial charge in [0, 0.05) is 23.1 Å². The molecule has 2 rings (SSSR count). The summed E-state index contributed by atoms with van der Waals surface area (Å²) in [5.41, 5.74) is 11.7. The number of carbonyl (C=O) groups excluding carboxylic acids is 2. The predicted octanol–water partition coefficient (Wildman–Crippen LogP) is 0.238. The molecule has 4 N–H and O–H groups in total. The maximum Gasteiger partial charge on any atom is 0.244 e. The maximum atomic E-state index is 11.7. The molecule has 0 fully saturated rings. The smallest absolute Gasteiger partial charge is 0.244 e. The van der Waals surface area contributed by atoms with Crippen LogP contribution < -0.4 is 11.5 Å². The van der Waals surface area contributed by atoms with Crippen LogP contribution in [0.3, 0.4) is 0 Å². The van der Waals surface area contributed by atoms with Crippen molar-refractivity contribution < 1.29 is 9.59 Å². The molecule has 5 nitrogen and oxygen atoms in total. The Bertz CT molecular complexity index is 519. The van der Waals surface area contributed by atoms with Gasteiger partial charge in [0.1, 0.15) is 5.41 Å². The Morgan fingerprint density at radius 1 is 1.41 bits per heavy atom. The molecule has 0 bridgehead atoms. The molecular formula is C11H11N3O2S. The first-order valence-electron chi connectivity index (χ1n) is 4.93. The third-order valence-electron chi connectivity index (χ3n) is 2.78. The molecule has 0 saturated carbocycles. The van der Waals surface area contributed by atoms with Crippen molar-refractivity contribution in [2.24, 2.45) is 11.5 Å². The van der Waals surface area contributed by atoms with Gasteiger partial charge in [-0.2, -0.15) is 0 Å². The number of carbonyl (C=O) groups is 2. The summed E-state index contributed by atoms with van der Waals surface area (Å²) in [6.45, 7) is 0. The topological polar surface area (TPSA) is 99.1 Å². The molecule has 88 valence electrons. The van der Waals surface area contributed by atoms with Crippen molar-refractivity contribution in [1.82, 2.24) is 4.98 Å². The lowest BCUT2D eigenvalue weighted by Gasteiger charge is -2.28. The molecule has 1 aromatic rings. The molecule has 1 heterocycles. The summed E-state index contributed by atoms with van der Waals surface area (Å²) in [6, 6.07) is 0. The number of aromatic nitrogens is 1. The number of nitrogens with two attached hydrogens (primary N) is 2. The van der Waals surface area contributed by atoms with Crippen LogP contribution in [0.2, 0.25) is 0 Å². The first kappa shape index (κ1) is 11.5. The summed E-state index contributed by atoms with van der Waals surface area (Å²) in [5.74, 6) is -1.05. The number of hydrogen-bond donors (Lipinski definition) is 2. The quantitative estimate of drug-likeness (QED) is 0.802. The van der Waals surface area contributed by atoms with Gasteiger partial charge in [0.2, 0.25) is 11.8 Å². The van der Waals surface area contributed by atoms with Crippen molar-refractivity contribution in [2.45, 2.75) is 11.8 Å². The van der Waals surface area contributed by atoms with Gasteiger partial charge in [0.25, 0.3) is 0 Å². The second kappa shape index (κ2) is 4.14. The Labute approximate surface area is 102 Å². The Balaban J connectivity index is 2.47. The summed E-state index contributed by atoms with van der Waals surface area (Å²) >= 11 is 1.33. The molecule has 1 unspecified atom stereocenters. The van der Waals surface area contributed by atoms with Crippen molar-refractivity contribution in [3.63, 3.8) is 0 Å². The van der Waals surface area contributed by atoms with Crippen LogP contribution in [0.1, 0.15) is 11.3 Å². The number of rotatable bonds is 3. The van der Waals surface area contributed by atoms with Gasteiger partial charge in [-0.1, -0.05) is 18.2 Å². The highest BCUT2D eigenvalue weighted by Crippen LogP contribution is 2.37. The molecule has 2 amide bonds. The summed E-state index contributed by atoms with van der Waals surface area (Å²) in [5, 5.41) is 0.